The third-order valence-electron chi connectivity index (χ3n) is 1.25. The van der Waals surface area contributed by atoms with Crippen molar-refractivity contribution in [3.63, 3.8) is 0 Å². The van der Waals surface area contributed by atoms with E-state index in [0.29, 0.717) is 0 Å². The first kappa shape index (κ1) is 11.9. The molecule has 0 bridgehead atoms. The van der Waals surface area contributed by atoms with Crippen molar-refractivity contribution < 1.29 is 27.6 Å². The summed E-state index contributed by atoms with van der Waals surface area (Å²) in [5.41, 5.74) is 0. The van der Waals surface area contributed by atoms with Gasteiger partial charge in [0.25, 0.3) is 0 Å². The quantitative estimate of drug-likeness (QED) is 0.383. The van der Waals surface area contributed by atoms with Crippen LogP contribution in [-0.4, -0.2) is 18.5 Å². The first-order chi connectivity index (χ1) is 5.24. The predicted molar refractivity (Wildman–Crippen MR) is 39.7 cm³/mol. The van der Waals surface area contributed by atoms with E-state index in [-0.39, 0.29) is 23.8 Å². The van der Waals surface area contributed by atoms with E-state index in [0.717, 1.165) is 13.0 Å². The minimum Gasteiger partial charge on any atom is -0.768 e. The number of aryl methyl sites for hydroxylation is 1. The molecule has 1 atom stereocenters. The van der Waals surface area contributed by atoms with Gasteiger partial charge in [0.1, 0.15) is 0 Å². The average Bonchev–Trinajstić information content (AvgIpc) is 2.37. The molecule has 0 amide bonds. The molecule has 4 nitrogen and oxygen atoms in total. The molecule has 0 N–H and O–H groups in total. The van der Waals surface area contributed by atoms with Gasteiger partial charge in [0.15, 0.2) is 0 Å². The number of aromatic nitrogens is 2. The van der Waals surface area contributed by atoms with Crippen molar-refractivity contribution >= 4 is 11.1 Å². The Bertz CT molecular complexity index is 264. The normalized spacial score (nSPS) is 12.2. The zero-order valence-corrected chi connectivity index (χ0v) is 8.00. The first-order valence-corrected chi connectivity index (χ1v) is 4.43. The van der Waals surface area contributed by atoms with Crippen LogP contribution in [0.4, 0.5) is 0 Å². The Labute approximate surface area is 85.8 Å². The molecule has 0 saturated heterocycles. The topological polar surface area (TPSA) is 58.0 Å². The van der Waals surface area contributed by atoms with Gasteiger partial charge in [0.2, 0.25) is 0 Å². The van der Waals surface area contributed by atoms with Crippen molar-refractivity contribution in [2.75, 3.05) is 0 Å². The Morgan fingerprint density at radius 3 is 2.83 bits per heavy atom. The van der Waals surface area contributed by atoms with Gasteiger partial charge >= 0.3 is 18.9 Å². The second kappa shape index (κ2) is 5.54. The Balaban J connectivity index is 0.00000121. The fourth-order valence-corrected chi connectivity index (χ4v) is 1.12. The summed E-state index contributed by atoms with van der Waals surface area (Å²) in [6.45, 7) is 2.77. The summed E-state index contributed by atoms with van der Waals surface area (Å²) in [7, 11) is 0. The van der Waals surface area contributed by atoms with E-state index < -0.39 is 11.1 Å². The van der Waals surface area contributed by atoms with Gasteiger partial charge in [-0.15, -0.1) is 0 Å². The maximum atomic E-state index is 10.4. The van der Waals surface area contributed by atoms with Crippen LogP contribution in [0.15, 0.2) is 17.3 Å². The van der Waals surface area contributed by atoms with E-state index in [1.807, 2.05) is 6.92 Å². The standard InChI is InChI=1S/C6H10N2O2S.Li/c1-2-3-8-5-6(4-7-8)11(9)10;/h4-5H,2-3H2,1H3,(H,9,10);/q;+1/p-1. The summed E-state index contributed by atoms with van der Waals surface area (Å²) in [5.74, 6) is 0. The summed E-state index contributed by atoms with van der Waals surface area (Å²) in [4.78, 5) is 0.249. The predicted octanol–water partition coefficient (Wildman–Crippen LogP) is -2.46. The molecule has 1 aromatic heterocycles. The molecule has 0 radical (unpaired) electrons. The van der Waals surface area contributed by atoms with Gasteiger partial charge in [0, 0.05) is 12.7 Å². The van der Waals surface area contributed by atoms with Gasteiger partial charge in [0.05, 0.1) is 11.1 Å². The van der Waals surface area contributed by atoms with Crippen LogP contribution in [0.5, 0.6) is 0 Å². The van der Waals surface area contributed by atoms with E-state index in [1.165, 1.54) is 12.4 Å². The smallest absolute Gasteiger partial charge is 0.768 e. The zero-order valence-electron chi connectivity index (χ0n) is 7.19. The molecule has 6 heteroatoms. The molecule has 1 rings (SSSR count). The fourth-order valence-electron chi connectivity index (χ4n) is 0.782. The molecule has 1 aromatic rings. The van der Waals surface area contributed by atoms with E-state index in [4.69, 9.17) is 0 Å². The van der Waals surface area contributed by atoms with Crippen LogP contribution >= 0.6 is 0 Å². The second-order valence-electron chi connectivity index (χ2n) is 2.17. The SMILES string of the molecule is CCCn1cc(S(=O)[O-])cn1.[Li+]. The zero-order chi connectivity index (χ0) is 8.27. The molecular weight excluding hydrogens is 171 g/mol. The van der Waals surface area contributed by atoms with Gasteiger partial charge in [-0.2, -0.15) is 5.10 Å². The second-order valence-corrected chi connectivity index (χ2v) is 3.11. The molecule has 0 saturated carbocycles. The van der Waals surface area contributed by atoms with Crippen molar-refractivity contribution in [2.45, 2.75) is 24.8 Å². The van der Waals surface area contributed by atoms with Crippen LogP contribution in [0.1, 0.15) is 13.3 Å². The van der Waals surface area contributed by atoms with Gasteiger partial charge in [-0.25, -0.2) is 0 Å². The molecule has 0 spiro atoms. The number of hydrogen-bond donors (Lipinski definition) is 0. The van der Waals surface area contributed by atoms with Gasteiger partial charge in [-0.05, 0) is 17.5 Å². The van der Waals surface area contributed by atoms with Crippen LogP contribution < -0.4 is 18.9 Å². The average molecular weight is 180 g/mol. The van der Waals surface area contributed by atoms with Crippen molar-refractivity contribution in [1.82, 2.24) is 9.78 Å². The third-order valence-corrected chi connectivity index (χ3v) is 1.85. The Hall–Kier alpha value is -0.0826. The monoisotopic (exact) mass is 180 g/mol. The van der Waals surface area contributed by atoms with Crippen LogP contribution in [0.3, 0.4) is 0 Å². The summed E-state index contributed by atoms with van der Waals surface area (Å²) in [6.07, 6.45) is 3.82. The van der Waals surface area contributed by atoms with Crippen LogP contribution in [0.2, 0.25) is 0 Å². The van der Waals surface area contributed by atoms with E-state index in [1.54, 1.807) is 4.68 Å². The van der Waals surface area contributed by atoms with Gasteiger partial charge < -0.3 is 4.55 Å². The summed E-state index contributed by atoms with van der Waals surface area (Å²) in [5, 5.41) is 3.85. The minimum absolute atomic E-state index is 0. The maximum Gasteiger partial charge on any atom is 1.00 e. The summed E-state index contributed by atoms with van der Waals surface area (Å²) in [6, 6.07) is 0. The van der Waals surface area contributed by atoms with E-state index >= 15 is 0 Å². The fraction of sp³-hybridized carbons (Fsp3) is 0.500. The largest absolute Gasteiger partial charge is 1.00 e. The van der Waals surface area contributed by atoms with Crippen molar-refractivity contribution in [2.24, 2.45) is 0 Å². The number of nitrogens with zero attached hydrogens (tertiary/aromatic N) is 2. The molecule has 0 fully saturated rings. The molecule has 62 valence electrons. The van der Waals surface area contributed by atoms with Crippen molar-refractivity contribution in [1.29, 1.82) is 0 Å². The molecule has 0 aliphatic rings. The molecule has 0 aliphatic carbocycles. The summed E-state index contributed by atoms with van der Waals surface area (Å²) < 4.78 is 22.3. The van der Waals surface area contributed by atoms with Crippen molar-refractivity contribution in [3.8, 4) is 0 Å². The molecule has 12 heavy (non-hydrogen) atoms. The Morgan fingerprint density at radius 1 is 1.75 bits per heavy atom. The molecule has 1 unspecified atom stereocenters. The number of rotatable bonds is 3. The molecule has 0 aromatic carbocycles. The van der Waals surface area contributed by atoms with Gasteiger partial charge in [-0.1, -0.05) is 6.92 Å². The van der Waals surface area contributed by atoms with Crippen LogP contribution in [-0.2, 0) is 17.6 Å². The van der Waals surface area contributed by atoms with Gasteiger partial charge in [-0.3, -0.25) is 8.89 Å². The van der Waals surface area contributed by atoms with Crippen LogP contribution in [0, 0.1) is 0 Å². The Kier molecular flexibility index (Phi) is 5.51. The minimum atomic E-state index is -2.15. The van der Waals surface area contributed by atoms with E-state index in [2.05, 4.69) is 5.10 Å². The molecule has 0 aliphatic heterocycles. The van der Waals surface area contributed by atoms with Crippen molar-refractivity contribution in [3.05, 3.63) is 12.4 Å². The number of hydrogen-bond acceptors (Lipinski definition) is 3. The summed E-state index contributed by atoms with van der Waals surface area (Å²) >= 11 is -2.15. The van der Waals surface area contributed by atoms with E-state index in [9.17, 15) is 8.76 Å². The molecular formula is C6H9LiN2O2S. The van der Waals surface area contributed by atoms with Crippen LogP contribution in [0.25, 0.3) is 0 Å². The molecule has 1 heterocycles. The Morgan fingerprint density at radius 2 is 2.42 bits per heavy atom. The third kappa shape index (κ3) is 3.11. The first-order valence-electron chi connectivity index (χ1n) is 3.35. The maximum absolute atomic E-state index is 10.4.